The Bertz CT molecular complexity index is 749. The van der Waals surface area contributed by atoms with Gasteiger partial charge in [0.05, 0.1) is 22.6 Å². The van der Waals surface area contributed by atoms with Gasteiger partial charge in [-0.2, -0.15) is 5.10 Å². The van der Waals surface area contributed by atoms with Gasteiger partial charge in [-0.1, -0.05) is 19.1 Å². The van der Waals surface area contributed by atoms with Crippen LogP contribution in [0.5, 0.6) is 5.75 Å². The highest BCUT2D eigenvalue weighted by Gasteiger charge is 2.31. The number of para-hydroxylation sites is 1. The van der Waals surface area contributed by atoms with Crippen LogP contribution in [0, 0.1) is 13.8 Å². The first-order valence-corrected chi connectivity index (χ1v) is 7.51. The largest absolute Gasteiger partial charge is 0.489 e. The van der Waals surface area contributed by atoms with Gasteiger partial charge < -0.3 is 10.1 Å². The highest BCUT2D eigenvalue weighted by molar-refractivity contribution is 6.07. The molecule has 5 nitrogen and oxygen atoms in total. The Hall–Kier alpha value is -2.30. The topological polar surface area (TPSA) is 56.2 Å². The normalized spacial score (nSPS) is 19.7. The zero-order chi connectivity index (χ0) is 16.0. The standard InChI is InChI=1S/C17H21N3O2/c1-9-12(4)22-16-13(9)7-6-8-14(16)17(21)18-15-10(2)19-20(5)11(15)3/h6-9,12H,1-5H3,(H,18,21). The van der Waals surface area contributed by atoms with Crippen molar-refractivity contribution in [3.8, 4) is 5.75 Å². The van der Waals surface area contributed by atoms with Gasteiger partial charge in [-0.25, -0.2) is 0 Å². The fourth-order valence-electron chi connectivity index (χ4n) is 2.90. The zero-order valence-corrected chi connectivity index (χ0v) is 13.6. The van der Waals surface area contributed by atoms with E-state index in [9.17, 15) is 4.79 Å². The van der Waals surface area contributed by atoms with Gasteiger partial charge in [0.15, 0.2) is 0 Å². The summed E-state index contributed by atoms with van der Waals surface area (Å²) in [7, 11) is 1.87. The molecule has 0 spiro atoms. The summed E-state index contributed by atoms with van der Waals surface area (Å²) < 4.78 is 7.66. The van der Waals surface area contributed by atoms with E-state index in [1.54, 1.807) is 10.7 Å². The van der Waals surface area contributed by atoms with Crippen molar-refractivity contribution < 1.29 is 9.53 Å². The van der Waals surface area contributed by atoms with Gasteiger partial charge in [0.1, 0.15) is 11.9 Å². The summed E-state index contributed by atoms with van der Waals surface area (Å²) in [4.78, 5) is 12.7. The number of nitrogens with one attached hydrogen (secondary N) is 1. The number of benzene rings is 1. The molecule has 0 saturated carbocycles. The molecular formula is C17H21N3O2. The molecule has 2 unspecified atom stereocenters. The fraction of sp³-hybridized carbons (Fsp3) is 0.412. The number of aromatic nitrogens is 2. The van der Waals surface area contributed by atoms with Gasteiger partial charge in [-0.15, -0.1) is 0 Å². The Balaban J connectivity index is 1.95. The van der Waals surface area contributed by atoms with Crippen molar-refractivity contribution in [1.29, 1.82) is 0 Å². The molecule has 0 radical (unpaired) electrons. The van der Waals surface area contributed by atoms with Crippen molar-refractivity contribution in [3.63, 3.8) is 0 Å². The number of nitrogens with zero attached hydrogens (tertiary/aromatic N) is 2. The number of hydrogen-bond acceptors (Lipinski definition) is 3. The summed E-state index contributed by atoms with van der Waals surface area (Å²) in [6, 6.07) is 5.75. The Morgan fingerprint density at radius 1 is 1.32 bits per heavy atom. The minimum atomic E-state index is -0.155. The quantitative estimate of drug-likeness (QED) is 0.926. The van der Waals surface area contributed by atoms with Crippen LogP contribution >= 0.6 is 0 Å². The lowest BCUT2D eigenvalue weighted by Gasteiger charge is -2.10. The van der Waals surface area contributed by atoms with Crippen molar-refractivity contribution in [2.45, 2.75) is 39.7 Å². The number of anilines is 1. The van der Waals surface area contributed by atoms with E-state index < -0.39 is 0 Å². The average molecular weight is 299 g/mol. The Kier molecular flexibility index (Phi) is 3.43. The fourth-order valence-corrected chi connectivity index (χ4v) is 2.90. The molecule has 1 aliphatic heterocycles. The van der Waals surface area contributed by atoms with E-state index in [4.69, 9.17) is 4.74 Å². The second-order valence-electron chi connectivity index (χ2n) is 5.96. The molecule has 1 amide bonds. The molecule has 116 valence electrons. The summed E-state index contributed by atoms with van der Waals surface area (Å²) in [5.41, 5.74) is 4.19. The first-order chi connectivity index (χ1) is 10.4. The second-order valence-corrected chi connectivity index (χ2v) is 5.96. The predicted molar refractivity (Wildman–Crippen MR) is 85.6 cm³/mol. The molecule has 0 aliphatic carbocycles. The monoisotopic (exact) mass is 299 g/mol. The molecule has 1 aliphatic rings. The van der Waals surface area contributed by atoms with Crippen LogP contribution in [0.4, 0.5) is 5.69 Å². The lowest BCUT2D eigenvalue weighted by atomic mass is 9.97. The lowest BCUT2D eigenvalue weighted by Crippen LogP contribution is -2.15. The first-order valence-electron chi connectivity index (χ1n) is 7.51. The van der Waals surface area contributed by atoms with Gasteiger partial charge in [-0.05, 0) is 26.8 Å². The van der Waals surface area contributed by atoms with Gasteiger partial charge >= 0.3 is 0 Å². The Morgan fingerprint density at radius 3 is 2.68 bits per heavy atom. The van der Waals surface area contributed by atoms with Crippen LogP contribution in [0.3, 0.4) is 0 Å². The van der Waals surface area contributed by atoms with Gasteiger partial charge in [0.25, 0.3) is 5.91 Å². The third-order valence-corrected chi connectivity index (χ3v) is 4.54. The summed E-state index contributed by atoms with van der Waals surface area (Å²) in [5, 5.41) is 7.30. The van der Waals surface area contributed by atoms with Crippen LogP contribution in [0.1, 0.15) is 47.1 Å². The lowest BCUT2D eigenvalue weighted by molar-refractivity contribution is 0.102. The van der Waals surface area contributed by atoms with Gasteiger partial charge in [0, 0.05) is 18.5 Å². The third-order valence-electron chi connectivity index (χ3n) is 4.54. The number of rotatable bonds is 2. The van der Waals surface area contributed by atoms with E-state index in [1.807, 2.05) is 40.0 Å². The Labute approximate surface area is 130 Å². The van der Waals surface area contributed by atoms with Crippen molar-refractivity contribution in [1.82, 2.24) is 9.78 Å². The highest BCUT2D eigenvalue weighted by atomic mass is 16.5. The molecule has 0 fully saturated rings. The molecule has 0 bridgehead atoms. The number of carbonyl (C=O) groups is 1. The molecule has 2 aromatic rings. The summed E-state index contributed by atoms with van der Waals surface area (Å²) in [5.74, 6) is 0.848. The molecule has 1 aromatic carbocycles. The predicted octanol–water partition coefficient (Wildman–Crippen LogP) is 3.17. The van der Waals surface area contributed by atoms with E-state index in [2.05, 4.69) is 17.3 Å². The minimum absolute atomic E-state index is 0.0887. The second kappa shape index (κ2) is 5.16. The molecule has 2 heterocycles. The number of amides is 1. The minimum Gasteiger partial charge on any atom is -0.489 e. The number of aryl methyl sites for hydroxylation is 2. The van der Waals surface area contributed by atoms with E-state index in [-0.39, 0.29) is 12.0 Å². The average Bonchev–Trinajstić information content (AvgIpc) is 2.90. The van der Waals surface area contributed by atoms with Crippen LogP contribution in [-0.4, -0.2) is 21.8 Å². The SMILES string of the molecule is Cc1nn(C)c(C)c1NC(=O)c1cccc2c1OC(C)C2C. The molecule has 2 atom stereocenters. The molecule has 1 N–H and O–H groups in total. The van der Waals surface area contributed by atoms with E-state index in [1.165, 1.54) is 0 Å². The molecule has 3 rings (SSSR count). The number of ether oxygens (including phenoxy) is 1. The van der Waals surface area contributed by atoms with Crippen molar-refractivity contribution >= 4 is 11.6 Å². The van der Waals surface area contributed by atoms with Crippen molar-refractivity contribution in [3.05, 3.63) is 40.7 Å². The molecule has 1 aromatic heterocycles. The third kappa shape index (κ3) is 2.17. The molecule has 5 heteroatoms. The van der Waals surface area contributed by atoms with Crippen LogP contribution in [0.25, 0.3) is 0 Å². The highest BCUT2D eigenvalue weighted by Crippen LogP contribution is 2.40. The van der Waals surface area contributed by atoms with E-state index >= 15 is 0 Å². The van der Waals surface area contributed by atoms with Crippen LogP contribution in [0.2, 0.25) is 0 Å². The van der Waals surface area contributed by atoms with E-state index in [0.717, 1.165) is 22.6 Å². The maximum atomic E-state index is 12.7. The summed E-state index contributed by atoms with van der Waals surface area (Å²) >= 11 is 0. The number of hydrogen-bond donors (Lipinski definition) is 1. The van der Waals surface area contributed by atoms with Crippen molar-refractivity contribution in [2.75, 3.05) is 5.32 Å². The summed E-state index contributed by atoms with van der Waals surface area (Å²) in [6.07, 6.45) is 0.0887. The van der Waals surface area contributed by atoms with E-state index in [0.29, 0.717) is 17.2 Å². The maximum absolute atomic E-state index is 12.7. The van der Waals surface area contributed by atoms with Crippen LogP contribution in [-0.2, 0) is 7.05 Å². The zero-order valence-electron chi connectivity index (χ0n) is 13.6. The van der Waals surface area contributed by atoms with Crippen LogP contribution < -0.4 is 10.1 Å². The number of fused-ring (bicyclic) bond motifs is 1. The Morgan fingerprint density at radius 2 is 2.05 bits per heavy atom. The smallest absolute Gasteiger partial charge is 0.259 e. The van der Waals surface area contributed by atoms with Crippen LogP contribution in [0.15, 0.2) is 18.2 Å². The first kappa shape index (κ1) is 14.6. The molecule has 22 heavy (non-hydrogen) atoms. The van der Waals surface area contributed by atoms with Crippen molar-refractivity contribution in [2.24, 2.45) is 7.05 Å². The van der Waals surface area contributed by atoms with Gasteiger partial charge in [-0.3, -0.25) is 9.48 Å². The number of carbonyl (C=O) groups excluding carboxylic acids is 1. The molecular weight excluding hydrogens is 278 g/mol. The maximum Gasteiger partial charge on any atom is 0.259 e. The summed E-state index contributed by atoms with van der Waals surface area (Å²) in [6.45, 7) is 7.97. The molecule has 0 saturated heterocycles. The van der Waals surface area contributed by atoms with Gasteiger partial charge in [0.2, 0.25) is 0 Å².